The zero-order valence-electron chi connectivity index (χ0n) is 9.40. The number of carbonyl (C=O) groups excluding carboxylic acids is 1. The van der Waals surface area contributed by atoms with E-state index in [4.69, 9.17) is 5.73 Å². The first kappa shape index (κ1) is 11.3. The Labute approximate surface area is 100.0 Å². The fraction of sp³-hybridized carbons (Fsp3) is 0.417. The van der Waals surface area contributed by atoms with Gasteiger partial charge in [0.15, 0.2) is 0 Å². The Morgan fingerprint density at radius 2 is 2.31 bits per heavy atom. The number of benzene rings is 1. The highest BCUT2D eigenvalue weighted by Gasteiger charge is 2.26. The van der Waals surface area contributed by atoms with Gasteiger partial charge < -0.3 is 10.6 Å². The van der Waals surface area contributed by atoms with E-state index < -0.39 is 0 Å². The van der Waals surface area contributed by atoms with Crippen molar-refractivity contribution in [1.29, 1.82) is 0 Å². The third-order valence-electron chi connectivity index (χ3n) is 2.77. The molecule has 0 saturated carbocycles. The van der Waals surface area contributed by atoms with Crippen LogP contribution in [0.4, 0.5) is 11.4 Å². The number of thioether (sulfide) groups is 1. The zero-order chi connectivity index (χ0) is 11.5. The maximum atomic E-state index is 11.8. The van der Waals surface area contributed by atoms with Crippen LogP contribution in [0.3, 0.4) is 0 Å². The summed E-state index contributed by atoms with van der Waals surface area (Å²) < 4.78 is 0. The first-order valence-electron chi connectivity index (χ1n) is 5.40. The molecule has 2 N–H and O–H groups in total. The molecule has 2 rings (SSSR count). The van der Waals surface area contributed by atoms with Gasteiger partial charge in [-0.05, 0) is 42.2 Å². The minimum Gasteiger partial charge on any atom is -0.399 e. The van der Waals surface area contributed by atoms with E-state index in [-0.39, 0.29) is 5.91 Å². The van der Waals surface area contributed by atoms with Crippen LogP contribution in [0.15, 0.2) is 18.2 Å². The van der Waals surface area contributed by atoms with Gasteiger partial charge in [-0.15, -0.1) is 0 Å². The van der Waals surface area contributed by atoms with Crippen LogP contribution < -0.4 is 10.6 Å². The van der Waals surface area contributed by atoms with Crippen LogP contribution in [-0.4, -0.2) is 24.5 Å². The third kappa shape index (κ3) is 2.16. The molecule has 1 amide bonds. The maximum Gasteiger partial charge on any atom is 0.231 e. The molecule has 0 fully saturated rings. The number of nitrogen functional groups attached to an aromatic ring is 1. The lowest BCUT2D eigenvalue weighted by molar-refractivity contribution is -0.117. The molecule has 4 heteroatoms. The molecule has 0 radical (unpaired) electrons. The van der Waals surface area contributed by atoms with Crippen LogP contribution in [0, 0.1) is 0 Å². The summed E-state index contributed by atoms with van der Waals surface area (Å²) in [6.45, 7) is 0.816. The van der Waals surface area contributed by atoms with Crippen molar-refractivity contribution in [3.05, 3.63) is 23.8 Å². The number of amides is 1. The summed E-state index contributed by atoms with van der Waals surface area (Å²) >= 11 is 1.81. The molecule has 0 saturated heterocycles. The molecule has 3 nitrogen and oxygen atoms in total. The number of carbonyl (C=O) groups is 1. The van der Waals surface area contributed by atoms with E-state index in [9.17, 15) is 4.79 Å². The normalized spacial score (nSPS) is 14.3. The van der Waals surface area contributed by atoms with Gasteiger partial charge in [-0.2, -0.15) is 11.8 Å². The molecule has 1 aliphatic rings. The lowest BCUT2D eigenvalue weighted by Gasteiger charge is -2.17. The summed E-state index contributed by atoms with van der Waals surface area (Å²) in [5, 5.41) is 0. The first-order chi connectivity index (χ1) is 7.72. The first-order valence-corrected chi connectivity index (χ1v) is 6.79. The second-order valence-electron chi connectivity index (χ2n) is 3.96. The standard InChI is InChI=1S/C12H16N2OS/c1-16-6-2-5-14-11-4-3-10(13)7-9(11)8-12(14)15/h3-4,7H,2,5-6,8,13H2,1H3. The largest absolute Gasteiger partial charge is 0.399 e. The van der Waals surface area contributed by atoms with Crippen molar-refractivity contribution in [3.8, 4) is 0 Å². The Balaban J connectivity index is 2.13. The van der Waals surface area contributed by atoms with Crippen molar-refractivity contribution in [2.45, 2.75) is 12.8 Å². The van der Waals surface area contributed by atoms with Gasteiger partial charge in [0.2, 0.25) is 5.91 Å². The molecule has 0 atom stereocenters. The number of anilines is 2. The molecule has 1 aromatic carbocycles. The zero-order valence-corrected chi connectivity index (χ0v) is 10.2. The average molecular weight is 236 g/mol. The highest BCUT2D eigenvalue weighted by atomic mass is 32.2. The molecule has 0 spiro atoms. The molecule has 1 aliphatic heterocycles. The fourth-order valence-corrected chi connectivity index (χ4v) is 2.43. The van der Waals surface area contributed by atoms with Crippen molar-refractivity contribution in [3.63, 3.8) is 0 Å². The molecule has 0 aromatic heterocycles. The number of hydrogen-bond donors (Lipinski definition) is 1. The maximum absolute atomic E-state index is 11.8. The Morgan fingerprint density at radius 1 is 1.50 bits per heavy atom. The third-order valence-corrected chi connectivity index (χ3v) is 3.46. The minimum atomic E-state index is 0.196. The molecule has 16 heavy (non-hydrogen) atoms. The predicted octanol–water partition coefficient (Wildman–Crippen LogP) is 1.91. The lowest BCUT2D eigenvalue weighted by Crippen LogP contribution is -2.28. The molecule has 86 valence electrons. The smallest absolute Gasteiger partial charge is 0.231 e. The summed E-state index contributed by atoms with van der Waals surface area (Å²) in [7, 11) is 0. The molecule has 0 bridgehead atoms. The van der Waals surface area contributed by atoms with E-state index in [0.717, 1.165) is 35.7 Å². The van der Waals surface area contributed by atoms with Crippen molar-refractivity contribution >= 4 is 29.0 Å². The van der Waals surface area contributed by atoms with Crippen LogP contribution in [0.25, 0.3) is 0 Å². The number of nitrogens with zero attached hydrogens (tertiary/aromatic N) is 1. The van der Waals surface area contributed by atoms with Crippen molar-refractivity contribution in [2.24, 2.45) is 0 Å². The van der Waals surface area contributed by atoms with Crippen molar-refractivity contribution < 1.29 is 4.79 Å². The van der Waals surface area contributed by atoms with Crippen LogP contribution >= 0.6 is 11.8 Å². The van der Waals surface area contributed by atoms with Crippen molar-refractivity contribution in [1.82, 2.24) is 0 Å². The van der Waals surface area contributed by atoms with E-state index in [0.29, 0.717) is 6.42 Å². The summed E-state index contributed by atoms with van der Waals surface area (Å²) in [5.74, 6) is 1.29. The van der Waals surface area contributed by atoms with E-state index in [1.807, 2.05) is 34.9 Å². The summed E-state index contributed by atoms with van der Waals surface area (Å²) in [6, 6.07) is 5.72. The van der Waals surface area contributed by atoms with Crippen molar-refractivity contribution in [2.75, 3.05) is 29.2 Å². The van der Waals surface area contributed by atoms with Gasteiger partial charge in [-0.25, -0.2) is 0 Å². The second-order valence-corrected chi connectivity index (χ2v) is 4.94. The topological polar surface area (TPSA) is 46.3 Å². The van der Waals surface area contributed by atoms with Crippen LogP contribution in [-0.2, 0) is 11.2 Å². The van der Waals surface area contributed by atoms with Crippen LogP contribution in [0.5, 0.6) is 0 Å². The van der Waals surface area contributed by atoms with Gasteiger partial charge in [-0.3, -0.25) is 4.79 Å². The fourth-order valence-electron chi connectivity index (χ4n) is 2.02. The molecule has 1 heterocycles. The Morgan fingerprint density at radius 3 is 3.06 bits per heavy atom. The lowest BCUT2D eigenvalue weighted by atomic mass is 10.1. The van der Waals surface area contributed by atoms with E-state index in [2.05, 4.69) is 6.26 Å². The van der Waals surface area contributed by atoms with Crippen LogP contribution in [0.2, 0.25) is 0 Å². The van der Waals surface area contributed by atoms with E-state index in [1.54, 1.807) is 0 Å². The SMILES string of the molecule is CSCCCN1C(=O)Cc2cc(N)ccc21. The molecular weight excluding hydrogens is 220 g/mol. The number of nitrogens with two attached hydrogens (primary N) is 1. The van der Waals surface area contributed by atoms with Gasteiger partial charge in [0.25, 0.3) is 0 Å². The Hall–Kier alpha value is -1.16. The predicted molar refractivity (Wildman–Crippen MR) is 69.9 cm³/mol. The Bertz CT molecular complexity index is 406. The van der Waals surface area contributed by atoms with Gasteiger partial charge in [0, 0.05) is 17.9 Å². The van der Waals surface area contributed by atoms with Gasteiger partial charge in [-0.1, -0.05) is 0 Å². The highest BCUT2D eigenvalue weighted by molar-refractivity contribution is 7.98. The number of rotatable bonds is 4. The number of fused-ring (bicyclic) bond motifs is 1. The molecule has 0 unspecified atom stereocenters. The van der Waals surface area contributed by atoms with E-state index in [1.165, 1.54) is 0 Å². The molecule has 1 aromatic rings. The quantitative estimate of drug-likeness (QED) is 0.641. The summed E-state index contributed by atoms with van der Waals surface area (Å²) in [6.07, 6.45) is 3.62. The van der Waals surface area contributed by atoms with Gasteiger partial charge >= 0.3 is 0 Å². The summed E-state index contributed by atoms with van der Waals surface area (Å²) in [4.78, 5) is 13.7. The van der Waals surface area contributed by atoms with Gasteiger partial charge in [0.1, 0.15) is 0 Å². The highest BCUT2D eigenvalue weighted by Crippen LogP contribution is 2.30. The summed E-state index contributed by atoms with van der Waals surface area (Å²) in [5.41, 5.74) is 8.55. The minimum absolute atomic E-state index is 0.196. The monoisotopic (exact) mass is 236 g/mol. The average Bonchev–Trinajstić information content (AvgIpc) is 2.55. The second kappa shape index (κ2) is 4.78. The molecule has 0 aliphatic carbocycles. The van der Waals surface area contributed by atoms with Gasteiger partial charge in [0.05, 0.1) is 6.42 Å². The molecular formula is C12H16N2OS. The van der Waals surface area contributed by atoms with E-state index >= 15 is 0 Å². The van der Waals surface area contributed by atoms with Crippen LogP contribution in [0.1, 0.15) is 12.0 Å². The Kier molecular flexibility index (Phi) is 3.39. The number of hydrogen-bond acceptors (Lipinski definition) is 3.